The highest BCUT2D eigenvalue weighted by Gasteiger charge is 2.19. The molecule has 4 nitrogen and oxygen atoms in total. The maximum absolute atomic E-state index is 13.9. The minimum atomic E-state index is -0.547. The van der Waals surface area contributed by atoms with E-state index in [0.29, 0.717) is 13.1 Å². The molecular formula is C17H26F2N2O2. The molecule has 0 fully saturated rings. The molecule has 0 aliphatic rings. The van der Waals surface area contributed by atoms with E-state index >= 15 is 0 Å². The number of nitrogens with one attached hydrogen (secondary N) is 1. The van der Waals surface area contributed by atoms with Gasteiger partial charge in [0.1, 0.15) is 17.2 Å². The quantitative estimate of drug-likeness (QED) is 0.894. The maximum atomic E-state index is 13.9. The van der Waals surface area contributed by atoms with Crippen molar-refractivity contribution in [1.29, 1.82) is 0 Å². The second kappa shape index (κ2) is 7.73. The van der Waals surface area contributed by atoms with Gasteiger partial charge < -0.3 is 15.0 Å². The van der Waals surface area contributed by atoms with Crippen LogP contribution in [0.4, 0.5) is 13.6 Å². The van der Waals surface area contributed by atoms with Crippen LogP contribution in [0.5, 0.6) is 0 Å². The summed E-state index contributed by atoms with van der Waals surface area (Å²) < 4.78 is 32.7. The largest absolute Gasteiger partial charge is 0.444 e. The van der Waals surface area contributed by atoms with Crippen LogP contribution in [0.2, 0.25) is 0 Å². The number of ether oxygens (including phenoxy) is 1. The number of benzene rings is 1. The van der Waals surface area contributed by atoms with Gasteiger partial charge in [-0.2, -0.15) is 0 Å². The predicted molar refractivity (Wildman–Crippen MR) is 86.4 cm³/mol. The molecule has 6 heteroatoms. The molecule has 0 radical (unpaired) electrons. The van der Waals surface area contributed by atoms with Crippen LogP contribution in [0.25, 0.3) is 0 Å². The van der Waals surface area contributed by atoms with E-state index in [9.17, 15) is 13.6 Å². The summed E-state index contributed by atoms with van der Waals surface area (Å²) in [6.07, 6.45) is -0.417. The number of amides is 1. The molecular weight excluding hydrogens is 302 g/mol. The zero-order chi connectivity index (χ0) is 17.8. The number of rotatable bonds is 5. The molecule has 1 atom stereocenters. The molecule has 0 heterocycles. The summed E-state index contributed by atoms with van der Waals surface area (Å²) in [5.41, 5.74) is 0.00497. The minimum absolute atomic E-state index is 0.271. The standard InChI is InChI=1S/C17H26F2N2O2/c1-11-9-15(19)13(10-14(11)18)12(2)20-7-8-21(6)16(22)23-17(3,4)5/h9-10,12,20H,7-8H2,1-6H3. The molecule has 0 saturated heterocycles. The monoisotopic (exact) mass is 328 g/mol. The predicted octanol–water partition coefficient (Wildman–Crippen LogP) is 3.79. The van der Waals surface area contributed by atoms with Gasteiger partial charge in [0.25, 0.3) is 0 Å². The fourth-order valence-corrected chi connectivity index (χ4v) is 1.98. The molecule has 0 saturated carbocycles. The van der Waals surface area contributed by atoms with Crippen molar-refractivity contribution >= 4 is 6.09 Å². The van der Waals surface area contributed by atoms with Crippen molar-refractivity contribution < 1.29 is 18.3 Å². The summed E-state index contributed by atoms with van der Waals surface area (Å²) in [6, 6.07) is 2.03. The van der Waals surface area contributed by atoms with E-state index in [0.717, 1.165) is 0 Å². The van der Waals surface area contributed by atoms with E-state index in [1.165, 1.54) is 24.0 Å². The Hall–Kier alpha value is -1.69. The summed E-state index contributed by atoms with van der Waals surface area (Å²) in [6.45, 7) is 9.51. The number of hydrogen-bond acceptors (Lipinski definition) is 3. The highest BCUT2D eigenvalue weighted by atomic mass is 19.1. The van der Waals surface area contributed by atoms with E-state index in [4.69, 9.17) is 4.74 Å². The first-order chi connectivity index (χ1) is 10.5. The van der Waals surface area contributed by atoms with Crippen molar-refractivity contribution in [2.75, 3.05) is 20.1 Å². The molecule has 1 rings (SSSR count). The molecule has 0 aliphatic heterocycles. The summed E-state index contributed by atoms with van der Waals surface area (Å²) in [7, 11) is 1.63. The van der Waals surface area contributed by atoms with Crippen molar-refractivity contribution in [3.8, 4) is 0 Å². The molecule has 0 aliphatic carbocycles. The number of carbonyl (C=O) groups is 1. The minimum Gasteiger partial charge on any atom is -0.444 e. The first kappa shape index (κ1) is 19.4. The van der Waals surface area contributed by atoms with Gasteiger partial charge in [-0.3, -0.25) is 0 Å². The lowest BCUT2D eigenvalue weighted by atomic mass is 10.1. The average Bonchev–Trinajstić information content (AvgIpc) is 2.40. The Morgan fingerprint density at radius 3 is 2.48 bits per heavy atom. The van der Waals surface area contributed by atoms with Gasteiger partial charge in [-0.05, 0) is 52.3 Å². The second-order valence-electron chi connectivity index (χ2n) is 6.70. The Kier molecular flexibility index (Phi) is 6.50. The number of carbonyl (C=O) groups excluding carboxylic acids is 1. The molecule has 1 N–H and O–H groups in total. The van der Waals surface area contributed by atoms with Gasteiger partial charge in [0.05, 0.1) is 0 Å². The van der Waals surface area contributed by atoms with Crippen LogP contribution >= 0.6 is 0 Å². The second-order valence-corrected chi connectivity index (χ2v) is 6.70. The van der Waals surface area contributed by atoms with Gasteiger partial charge in [-0.1, -0.05) is 0 Å². The summed E-state index contributed by atoms with van der Waals surface area (Å²) in [5.74, 6) is -0.870. The molecule has 1 amide bonds. The molecule has 0 spiro atoms. The van der Waals surface area contributed by atoms with Crippen LogP contribution in [0.3, 0.4) is 0 Å². The maximum Gasteiger partial charge on any atom is 0.410 e. The third-order valence-corrected chi connectivity index (χ3v) is 3.35. The van der Waals surface area contributed by atoms with Gasteiger partial charge in [0.2, 0.25) is 0 Å². The first-order valence-corrected chi connectivity index (χ1v) is 7.64. The van der Waals surface area contributed by atoms with Crippen molar-refractivity contribution in [1.82, 2.24) is 10.2 Å². The van der Waals surface area contributed by atoms with Crippen LogP contribution in [-0.4, -0.2) is 36.7 Å². The van der Waals surface area contributed by atoms with E-state index < -0.39 is 23.3 Å². The van der Waals surface area contributed by atoms with Gasteiger partial charge in [0.15, 0.2) is 0 Å². The van der Waals surface area contributed by atoms with Gasteiger partial charge in [-0.25, -0.2) is 13.6 Å². The number of halogens is 2. The van der Waals surface area contributed by atoms with Crippen LogP contribution in [0, 0.1) is 18.6 Å². The van der Waals surface area contributed by atoms with Crippen molar-refractivity contribution in [3.63, 3.8) is 0 Å². The number of aryl methyl sites for hydroxylation is 1. The molecule has 130 valence electrons. The number of hydrogen-bond donors (Lipinski definition) is 1. The lowest BCUT2D eigenvalue weighted by molar-refractivity contribution is 0.0299. The van der Waals surface area contributed by atoms with Crippen molar-refractivity contribution in [2.24, 2.45) is 0 Å². The first-order valence-electron chi connectivity index (χ1n) is 7.64. The highest BCUT2D eigenvalue weighted by Crippen LogP contribution is 2.20. The number of nitrogens with zero attached hydrogens (tertiary/aromatic N) is 1. The molecule has 23 heavy (non-hydrogen) atoms. The van der Waals surface area contributed by atoms with E-state index in [1.54, 1.807) is 34.7 Å². The fraction of sp³-hybridized carbons (Fsp3) is 0.588. The van der Waals surface area contributed by atoms with Crippen molar-refractivity contribution in [3.05, 3.63) is 34.9 Å². The molecule has 1 aromatic carbocycles. The SMILES string of the molecule is Cc1cc(F)c(C(C)NCCN(C)C(=O)OC(C)(C)C)cc1F. The average molecular weight is 328 g/mol. The zero-order valence-corrected chi connectivity index (χ0v) is 14.7. The van der Waals surface area contributed by atoms with Crippen LogP contribution in [-0.2, 0) is 4.74 Å². The van der Waals surface area contributed by atoms with E-state index in [2.05, 4.69) is 5.32 Å². The Morgan fingerprint density at radius 1 is 1.30 bits per heavy atom. The van der Waals surface area contributed by atoms with Crippen LogP contribution in [0.1, 0.15) is 44.9 Å². The lowest BCUT2D eigenvalue weighted by Gasteiger charge is -2.25. The number of likely N-dealkylation sites (N-methyl/N-ethyl adjacent to an activating group) is 1. The molecule has 0 aromatic heterocycles. The topological polar surface area (TPSA) is 41.6 Å². The smallest absolute Gasteiger partial charge is 0.410 e. The van der Waals surface area contributed by atoms with Gasteiger partial charge in [0, 0.05) is 31.7 Å². The molecule has 1 unspecified atom stereocenters. The van der Waals surface area contributed by atoms with Crippen molar-refractivity contribution in [2.45, 2.75) is 46.3 Å². The lowest BCUT2D eigenvalue weighted by Crippen LogP contribution is -2.38. The van der Waals surface area contributed by atoms with Crippen LogP contribution < -0.4 is 5.32 Å². The third-order valence-electron chi connectivity index (χ3n) is 3.35. The zero-order valence-electron chi connectivity index (χ0n) is 14.7. The van der Waals surface area contributed by atoms with Gasteiger partial charge in [-0.15, -0.1) is 0 Å². The Morgan fingerprint density at radius 2 is 1.91 bits per heavy atom. The summed E-state index contributed by atoms with van der Waals surface area (Å²) >= 11 is 0. The summed E-state index contributed by atoms with van der Waals surface area (Å²) in [4.78, 5) is 13.2. The Bertz CT molecular complexity index is 556. The Balaban J connectivity index is 2.52. The summed E-state index contributed by atoms with van der Waals surface area (Å²) in [5, 5.41) is 3.08. The van der Waals surface area contributed by atoms with E-state index in [-0.39, 0.29) is 17.2 Å². The van der Waals surface area contributed by atoms with E-state index in [1.807, 2.05) is 0 Å². The van der Waals surface area contributed by atoms with Gasteiger partial charge >= 0.3 is 6.09 Å². The Labute approximate surface area is 136 Å². The normalized spacial score (nSPS) is 12.9. The molecule has 1 aromatic rings. The highest BCUT2D eigenvalue weighted by molar-refractivity contribution is 5.67. The fourth-order valence-electron chi connectivity index (χ4n) is 1.98. The molecule has 0 bridgehead atoms. The third kappa shape index (κ3) is 6.14. The van der Waals surface area contributed by atoms with Crippen LogP contribution in [0.15, 0.2) is 12.1 Å².